The van der Waals surface area contributed by atoms with E-state index in [1.54, 1.807) is 0 Å². The highest BCUT2D eigenvalue weighted by atomic mass is 35.5. The first-order valence-corrected chi connectivity index (χ1v) is 4.11. The highest BCUT2D eigenvalue weighted by molar-refractivity contribution is 6.20. The molecule has 12 heavy (non-hydrogen) atoms. The van der Waals surface area contributed by atoms with E-state index < -0.39 is 11.6 Å². The van der Waals surface area contributed by atoms with Crippen LogP contribution < -0.4 is 0 Å². The normalized spacial score (nSPS) is 13.0. The zero-order valence-electron chi connectivity index (χ0n) is 6.65. The summed E-state index contributed by atoms with van der Waals surface area (Å²) in [5.41, 5.74) is 0.719. The van der Waals surface area contributed by atoms with E-state index in [1.807, 2.05) is 6.92 Å². The van der Waals surface area contributed by atoms with Gasteiger partial charge in [0.05, 0.1) is 0 Å². The minimum Gasteiger partial charge on any atom is -0.204 e. The maximum atomic E-state index is 12.6. The SMILES string of the molecule is CC(Cl)Cc1ccc(F)c(F)c1. The predicted molar refractivity (Wildman–Crippen MR) is 45.4 cm³/mol. The van der Waals surface area contributed by atoms with Gasteiger partial charge in [0.15, 0.2) is 11.6 Å². The van der Waals surface area contributed by atoms with Crippen molar-refractivity contribution in [2.75, 3.05) is 0 Å². The topological polar surface area (TPSA) is 0 Å². The maximum Gasteiger partial charge on any atom is 0.159 e. The average molecular weight is 191 g/mol. The summed E-state index contributed by atoms with van der Waals surface area (Å²) in [5.74, 6) is -1.63. The molecule has 0 amide bonds. The van der Waals surface area contributed by atoms with E-state index in [4.69, 9.17) is 11.6 Å². The first-order chi connectivity index (χ1) is 5.59. The summed E-state index contributed by atoms with van der Waals surface area (Å²) in [5, 5.41) is -0.0603. The smallest absolute Gasteiger partial charge is 0.159 e. The molecule has 0 aliphatic heterocycles. The molecule has 66 valence electrons. The lowest BCUT2D eigenvalue weighted by Crippen LogP contribution is -1.98. The summed E-state index contributed by atoms with van der Waals surface area (Å²) in [6, 6.07) is 3.83. The second kappa shape index (κ2) is 3.85. The number of halogens is 3. The van der Waals surface area contributed by atoms with Gasteiger partial charge in [-0.15, -0.1) is 11.6 Å². The zero-order chi connectivity index (χ0) is 9.14. The van der Waals surface area contributed by atoms with Crippen LogP contribution >= 0.6 is 11.6 Å². The van der Waals surface area contributed by atoms with Crippen molar-refractivity contribution >= 4 is 11.6 Å². The van der Waals surface area contributed by atoms with E-state index in [0.717, 1.165) is 11.6 Å². The molecule has 0 aromatic heterocycles. The van der Waals surface area contributed by atoms with Crippen LogP contribution in [0.25, 0.3) is 0 Å². The molecule has 0 radical (unpaired) electrons. The van der Waals surface area contributed by atoms with E-state index >= 15 is 0 Å². The molecule has 1 rings (SSSR count). The lowest BCUT2D eigenvalue weighted by atomic mass is 10.1. The molecule has 1 aromatic rings. The molecule has 1 atom stereocenters. The summed E-state index contributed by atoms with van der Waals surface area (Å²) < 4.78 is 25.0. The van der Waals surface area contributed by atoms with Crippen molar-refractivity contribution in [3.05, 3.63) is 35.4 Å². The molecule has 0 spiro atoms. The van der Waals surface area contributed by atoms with Gasteiger partial charge in [-0.25, -0.2) is 8.78 Å². The molecule has 0 fully saturated rings. The molecule has 3 heteroatoms. The molecular weight excluding hydrogens is 182 g/mol. The van der Waals surface area contributed by atoms with Gasteiger partial charge < -0.3 is 0 Å². The summed E-state index contributed by atoms with van der Waals surface area (Å²) in [6.07, 6.45) is 0.554. The Morgan fingerprint density at radius 1 is 1.33 bits per heavy atom. The van der Waals surface area contributed by atoms with Crippen LogP contribution in [0.3, 0.4) is 0 Å². The molecule has 0 bridgehead atoms. The van der Waals surface area contributed by atoms with Crippen molar-refractivity contribution in [2.45, 2.75) is 18.7 Å². The van der Waals surface area contributed by atoms with Crippen molar-refractivity contribution in [3.8, 4) is 0 Å². The van der Waals surface area contributed by atoms with Crippen LogP contribution in [0.15, 0.2) is 18.2 Å². The lowest BCUT2D eigenvalue weighted by molar-refractivity contribution is 0.507. The van der Waals surface area contributed by atoms with Crippen molar-refractivity contribution in [3.63, 3.8) is 0 Å². The first-order valence-electron chi connectivity index (χ1n) is 3.67. The van der Waals surface area contributed by atoms with E-state index in [9.17, 15) is 8.78 Å². The Labute approximate surface area is 75.2 Å². The fraction of sp³-hybridized carbons (Fsp3) is 0.333. The van der Waals surface area contributed by atoms with E-state index in [-0.39, 0.29) is 5.38 Å². The Morgan fingerprint density at radius 2 is 2.00 bits per heavy atom. The van der Waals surface area contributed by atoms with Crippen molar-refractivity contribution in [1.82, 2.24) is 0 Å². The minimum atomic E-state index is -0.819. The Kier molecular flexibility index (Phi) is 3.04. The van der Waals surface area contributed by atoms with E-state index in [0.29, 0.717) is 6.42 Å². The molecule has 1 aromatic carbocycles. The molecule has 0 nitrogen and oxygen atoms in total. The van der Waals surface area contributed by atoms with Gasteiger partial charge in [0.2, 0.25) is 0 Å². The van der Waals surface area contributed by atoms with Crippen LogP contribution in [0.4, 0.5) is 8.78 Å². The number of benzene rings is 1. The molecule has 0 N–H and O–H groups in total. The van der Waals surface area contributed by atoms with Crippen molar-refractivity contribution < 1.29 is 8.78 Å². The maximum absolute atomic E-state index is 12.6. The highest BCUT2D eigenvalue weighted by Gasteiger charge is 2.04. The van der Waals surface area contributed by atoms with E-state index in [1.165, 1.54) is 12.1 Å². The Bertz CT molecular complexity index is 271. The van der Waals surface area contributed by atoms with Gasteiger partial charge in [-0.1, -0.05) is 6.07 Å². The quantitative estimate of drug-likeness (QED) is 0.629. The van der Waals surface area contributed by atoms with Crippen LogP contribution in [0.1, 0.15) is 12.5 Å². The predicted octanol–water partition coefficient (Wildman–Crippen LogP) is 3.13. The van der Waals surface area contributed by atoms with Crippen LogP contribution in [0, 0.1) is 11.6 Å². The van der Waals surface area contributed by atoms with Gasteiger partial charge in [0, 0.05) is 5.38 Å². The molecule has 0 heterocycles. The summed E-state index contributed by atoms with van der Waals surface area (Å²) in [4.78, 5) is 0. The molecule has 0 aliphatic carbocycles. The van der Waals surface area contributed by atoms with Crippen LogP contribution in [0.5, 0.6) is 0 Å². The van der Waals surface area contributed by atoms with Gasteiger partial charge in [-0.3, -0.25) is 0 Å². The Morgan fingerprint density at radius 3 is 2.50 bits per heavy atom. The second-order valence-corrected chi connectivity index (χ2v) is 3.48. The number of alkyl halides is 1. The number of hydrogen-bond donors (Lipinski definition) is 0. The third-order valence-corrected chi connectivity index (χ3v) is 1.66. The zero-order valence-corrected chi connectivity index (χ0v) is 7.41. The van der Waals surface area contributed by atoms with Crippen molar-refractivity contribution in [1.29, 1.82) is 0 Å². The molecule has 1 unspecified atom stereocenters. The standard InChI is InChI=1S/C9H9ClF2/c1-6(10)4-7-2-3-8(11)9(12)5-7/h2-3,5-6H,4H2,1H3. The monoisotopic (exact) mass is 190 g/mol. The fourth-order valence-corrected chi connectivity index (χ4v) is 1.17. The summed E-state index contributed by atoms with van der Waals surface area (Å²) >= 11 is 5.69. The van der Waals surface area contributed by atoms with Gasteiger partial charge in [-0.05, 0) is 31.0 Å². The Balaban J connectivity index is 2.82. The van der Waals surface area contributed by atoms with Gasteiger partial charge >= 0.3 is 0 Å². The Hall–Kier alpha value is -0.630. The summed E-state index contributed by atoms with van der Waals surface area (Å²) in [7, 11) is 0. The largest absolute Gasteiger partial charge is 0.204 e. The van der Waals surface area contributed by atoms with Gasteiger partial charge in [0.25, 0.3) is 0 Å². The number of hydrogen-bond acceptors (Lipinski definition) is 0. The lowest BCUT2D eigenvalue weighted by Gasteiger charge is -2.02. The second-order valence-electron chi connectivity index (χ2n) is 2.73. The van der Waals surface area contributed by atoms with Gasteiger partial charge in [0.1, 0.15) is 0 Å². The third kappa shape index (κ3) is 2.45. The average Bonchev–Trinajstić information content (AvgIpc) is 1.96. The van der Waals surface area contributed by atoms with Crippen LogP contribution in [-0.4, -0.2) is 5.38 Å². The molecule has 0 aliphatic rings. The molecular formula is C9H9ClF2. The molecule has 0 saturated carbocycles. The van der Waals surface area contributed by atoms with E-state index in [2.05, 4.69) is 0 Å². The van der Waals surface area contributed by atoms with Crippen molar-refractivity contribution in [2.24, 2.45) is 0 Å². The summed E-state index contributed by atoms with van der Waals surface area (Å²) in [6.45, 7) is 1.81. The van der Waals surface area contributed by atoms with Crippen LogP contribution in [-0.2, 0) is 6.42 Å². The minimum absolute atomic E-state index is 0.0603. The molecule has 0 saturated heterocycles. The van der Waals surface area contributed by atoms with Gasteiger partial charge in [-0.2, -0.15) is 0 Å². The third-order valence-electron chi connectivity index (χ3n) is 1.50. The number of rotatable bonds is 2. The highest BCUT2D eigenvalue weighted by Crippen LogP contribution is 2.12. The first kappa shape index (κ1) is 9.46. The van der Waals surface area contributed by atoms with Crippen LogP contribution in [0.2, 0.25) is 0 Å². The fourth-order valence-electron chi connectivity index (χ4n) is 0.991.